The molecule has 1 unspecified atom stereocenters. The van der Waals surface area contributed by atoms with E-state index in [9.17, 15) is 9.59 Å². The van der Waals surface area contributed by atoms with Gasteiger partial charge in [-0.2, -0.15) is 0 Å². The molecule has 3 amide bonds. The molecule has 1 fully saturated rings. The molecule has 1 aliphatic rings. The zero-order valence-electron chi connectivity index (χ0n) is 14.4. The minimum atomic E-state index is -0.398. The highest BCUT2D eigenvalue weighted by molar-refractivity contribution is 6.31. The minimum Gasteiger partial charge on any atom is -0.495 e. The number of nitrogens with one attached hydrogen (secondary N) is 2. The molecule has 26 heavy (non-hydrogen) atoms. The molecule has 0 radical (unpaired) electrons. The molecule has 6 nitrogen and oxygen atoms in total. The van der Waals surface area contributed by atoms with Crippen LogP contribution in [0, 0.1) is 0 Å². The topological polar surface area (TPSA) is 70.7 Å². The maximum atomic E-state index is 12.3. The summed E-state index contributed by atoms with van der Waals surface area (Å²) in [6.07, 6.45) is 0.285. The van der Waals surface area contributed by atoms with E-state index in [1.165, 1.54) is 7.11 Å². The van der Waals surface area contributed by atoms with Gasteiger partial charge < -0.3 is 20.3 Å². The number of hydrogen-bond donors (Lipinski definition) is 2. The Kier molecular flexibility index (Phi) is 5.63. The van der Waals surface area contributed by atoms with E-state index in [4.69, 9.17) is 16.3 Å². The predicted molar refractivity (Wildman–Crippen MR) is 100 cm³/mol. The predicted octanol–water partition coefficient (Wildman–Crippen LogP) is 3.27. The molecular weight excluding hydrogens is 354 g/mol. The van der Waals surface area contributed by atoms with Crippen LogP contribution in [-0.2, 0) is 11.3 Å². The summed E-state index contributed by atoms with van der Waals surface area (Å²) < 4.78 is 5.21. The summed E-state index contributed by atoms with van der Waals surface area (Å²) in [6, 6.07) is 14.1. The Morgan fingerprint density at radius 2 is 2.04 bits per heavy atom. The second-order valence-corrected chi connectivity index (χ2v) is 6.54. The standard InChI is InChI=1S/C19H20ClN3O3/c1-26-17-8-7-14(20)9-16(17)22-19(25)21-15-10-18(24)23(12-15)11-13-5-3-2-4-6-13/h2-9,15H,10-12H2,1H3,(H2,21,22,25). The SMILES string of the molecule is COc1ccc(Cl)cc1NC(=O)NC1CC(=O)N(Cc2ccccc2)C1. The van der Waals surface area contributed by atoms with Crippen molar-refractivity contribution in [2.24, 2.45) is 0 Å². The van der Waals surface area contributed by atoms with Gasteiger partial charge in [0.15, 0.2) is 0 Å². The van der Waals surface area contributed by atoms with E-state index < -0.39 is 6.03 Å². The van der Waals surface area contributed by atoms with Gasteiger partial charge in [0.2, 0.25) is 5.91 Å². The van der Waals surface area contributed by atoms with E-state index in [0.717, 1.165) is 5.56 Å². The summed E-state index contributed by atoms with van der Waals surface area (Å²) in [5.74, 6) is 0.539. The number of rotatable bonds is 5. The number of amides is 3. The lowest BCUT2D eigenvalue weighted by molar-refractivity contribution is -0.128. The number of nitrogens with zero attached hydrogens (tertiary/aromatic N) is 1. The molecule has 0 spiro atoms. The Labute approximate surface area is 157 Å². The summed E-state index contributed by atoms with van der Waals surface area (Å²) in [7, 11) is 1.52. The zero-order chi connectivity index (χ0) is 18.5. The Morgan fingerprint density at radius 3 is 2.77 bits per heavy atom. The molecule has 2 N–H and O–H groups in total. The largest absolute Gasteiger partial charge is 0.495 e. The van der Waals surface area contributed by atoms with Gasteiger partial charge in [0.05, 0.1) is 18.8 Å². The van der Waals surface area contributed by atoms with Gasteiger partial charge in [-0.15, -0.1) is 0 Å². The maximum absolute atomic E-state index is 12.3. The van der Waals surface area contributed by atoms with Gasteiger partial charge in [0.25, 0.3) is 0 Å². The molecule has 2 aromatic carbocycles. The van der Waals surface area contributed by atoms with Crippen LogP contribution in [0.2, 0.25) is 5.02 Å². The third-order valence-electron chi connectivity index (χ3n) is 4.18. The number of urea groups is 1. The first-order valence-electron chi connectivity index (χ1n) is 8.28. The Morgan fingerprint density at radius 1 is 1.27 bits per heavy atom. The molecular formula is C19H20ClN3O3. The third-order valence-corrected chi connectivity index (χ3v) is 4.41. The number of methoxy groups -OCH3 is 1. The van der Waals surface area contributed by atoms with E-state index in [1.807, 2.05) is 30.3 Å². The number of halogens is 1. The van der Waals surface area contributed by atoms with Gasteiger partial charge in [-0.3, -0.25) is 4.79 Å². The van der Waals surface area contributed by atoms with Crippen LogP contribution in [0.1, 0.15) is 12.0 Å². The second kappa shape index (κ2) is 8.10. The maximum Gasteiger partial charge on any atom is 0.319 e. The molecule has 0 bridgehead atoms. The molecule has 136 valence electrons. The number of benzene rings is 2. The Bertz CT molecular complexity index is 798. The van der Waals surface area contributed by atoms with Gasteiger partial charge in [-0.1, -0.05) is 41.9 Å². The highest BCUT2D eigenvalue weighted by atomic mass is 35.5. The van der Waals surface area contributed by atoms with Crippen LogP contribution in [-0.4, -0.2) is 36.5 Å². The summed E-state index contributed by atoms with van der Waals surface area (Å²) in [5, 5.41) is 6.04. The fraction of sp³-hybridized carbons (Fsp3) is 0.263. The number of carbonyl (C=O) groups is 2. The molecule has 3 rings (SSSR count). The summed E-state index contributed by atoms with van der Waals surface area (Å²) in [4.78, 5) is 26.2. The molecule has 2 aromatic rings. The average Bonchev–Trinajstić information content (AvgIpc) is 2.95. The first-order chi connectivity index (χ1) is 12.5. The van der Waals surface area contributed by atoms with Crippen molar-refractivity contribution in [1.29, 1.82) is 0 Å². The molecule has 7 heteroatoms. The second-order valence-electron chi connectivity index (χ2n) is 6.10. The van der Waals surface area contributed by atoms with Gasteiger partial charge in [-0.25, -0.2) is 4.79 Å². The molecule has 1 heterocycles. The smallest absolute Gasteiger partial charge is 0.319 e. The van der Waals surface area contributed by atoms with E-state index in [2.05, 4.69) is 10.6 Å². The van der Waals surface area contributed by atoms with Crippen LogP contribution in [0.4, 0.5) is 10.5 Å². The molecule has 0 saturated carbocycles. The van der Waals surface area contributed by atoms with Crippen molar-refractivity contribution in [1.82, 2.24) is 10.2 Å². The number of ether oxygens (including phenoxy) is 1. The minimum absolute atomic E-state index is 0.0273. The van der Waals surface area contributed by atoms with Crippen molar-refractivity contribution < 1.29 is 14.3 Å². The Balaban J connectivity index is 1.57. The number of hydrogen-bond acceptors (Lipinski definition) is 3. The molecule has 1 atom stereocenters. The fourth-order valence-corrected chi connectivity index (χ4v) is 3.12. The highest BCUT2D eigenvalue weighted by Gasteiger charge is 2.30. The summed E-state index contributed by atoms with van der Waals surface area (Å²) >= 11 is 5.96. The van der Waals surface area contributed by atoms with E-state index in [1.54, 1.807) is 23.1 Å². The van der Waals surface area contributed by atoms with Crippen molar-refractivity contribution in [2.75, 3.05) is 19.0 Å². The van der Waals surface area contributed by atoms with Crippen molar-refractivity contribution in [3.05, 3.63) is 59.1 Å². The lowest BCUT2D eigenvalue weighted by Gasteiger charge is -2.18. The average molecular weight is 374 g/mol. The van der Waals surface area contributed by atoms with Crippen LogP contribution < -0.4 is 15.4 Å². The first-order valence-corrected chi connectivity index (χ1v) is 8.65. The fourth-order valence-electron chi connectivity index (χ4n) is 2.95. The van der Waals surface area contributed by atoms with Crippen molar-refractivity contribution in [3.63, 3.8) is 0 Å². The first kappa shape index (κ1) is 18.1. The quantitative estimate of drug-likeness (QED) is 0.845. The van der Waals surface area contributed by atoms with Crippen LogP contribution >= 0.6 is 11.6 Å². The lowest BCUT2D eigenvalue weighted by Crippen LogP contribution is -2.39. The number of likely N-dealkylation sites (tertiary alicyclic amines) is 1. The van der Waals surface area contributed by atoms with Crippen molar-refractivity contribution >= 4 is 29.2 Å². The highest BCUT2D eigenvalue weighted by Crippen LogP contribution is 2.27. The van der Waals surface area contributed by atoms with Crippen molar-refractivity contribution in [3.8, 4) is 5.75 Å². The van der Waals surface area contributed by atoms with E-state index >= 15 is 0 Å². The van der Waals surface area contributed by atoms with Gasteiger partial charge in [0, 0.05) is 24.5 Å². The molecule has 0 aliphatic carbocycles. The van der Waals surface area contributed by atoms with E-state index in [0.29, 0.717) is 29.5 Å². The third kappa shape index (κ3) is 4.46. The number of carbonyl (C=O) groups excluding carboxylic acids is 2. The van der Waals surface area contributed by atoms with Gasteiger partial charge in [-0.05, 0) is 23.8 Å². The molecule has 1 saturated heterocycles. The monoisotopic (exact) mass is 373 g/mol. The van der Waals surface area contributed by atoms with Crippen LogP contribution in [0.3, 0.4) is 0 Å². The molecule has 0 aromatic heterocycles. The lowest BCUT2D eigenvalue weighted by atomic mass is 10.2. The summed E-state index contributed by atoms with van der Waals surface area (Å²) in [6.45, 7) is 1.02. The van der Waals surface area contributed by atoms with Crippen LogP contribution in [0.5, 0.6) is 5.75 Å². The van der Waals surface area contributed by atoms with Crippen molar-refractivity contribution in [2.45, 2.75) is 19.0 Å². The number of anilines is 1. The van der Waals surface area contributed by atoms with Gasteiger partial charge in [0.1, 0.15) is 5.75 Å². The van der Waals surface area contributed by atoms with E-state index in [-0.39, 0.29) is 18.4 Å². The van der Waals surface area contributed by atoms with Gasteiger partial charge >= 0.3 is 6.03 Å². The van der Waals surface area contributed by atoms with Crippen LogP contribution in [0.15, 0.2) is 48.5 Å². The normalized spacial score (nSPS) is 16.5. The summed E-state index contributed by atoms with van der Waals surface area (Å²) in [5.41, 5.74) is 1.54. The zero-order valence-corrected chi connectivity index (χ0v) is 15.1. The Hall–Kier alpha value is -2.73. The molecule has 1 aliphatic heterocycles. The van der Waals surface area contributed by atoms with Crippen LogP contribution in [0.25, 0.3) is 0 Å².